The van der Waals surface area contributed by atoms with Crippen LogP contribution in [0.3, 0.4) is 0 Å². The third-order valence-electron chi connectivity index (χ3n) is 1.51. The van der Waals surface area contributed by atoms with Gasteiger partial charge in [-0.2, -0.15) is 0 Å². The summed E-state index contributed by atoms with van der Waals surface area (Å²) in [4.78, 5) is 4.22. The van der Waals surface area contributed by atoms with E-state index in [1.165, 1.54) is 6.21 Å². The summed E-state index contributed by atoms with van der Waals surface area (Å²) in [6.07, 6.45) is 4.09. The van der Waals surface area contributed by atoms with Crippen LogP contribution in [0, 0.1) is 5.41 Å². The van der Waals surface area contributed by atoms with Crippen molar-refractivity contribution >= 4 is 18.1 Å². The standard InChI is InChI=1S/C10H12N2/c1-2-7-12-10-6-4-3-5-9(10)8-11/h3-8,11H,2H2,1H3/b11-8?,12-7-. The summed E-state index contributed by atoms with van der Waals surface area (Å²) in [5.41, 5.74) is 1.73. The second kappa shape index (κ2) is 4.44. The van der Waals surface area contributed by atoms with E-state index in [1.807, 2.05) is 37.4 Å². The lowest BCUT2D eigenvalue weighted by Crippen LogP contribution is -1.79. The highest BCUT2D eigenvalue weighted by atomic mass is 14.7. The molecule has 2 nitrogen and oxygen atoms in total. The fraction of sp³-hybridized carbons (Fsp3) is 0.200. The van der Waals surface area contributed by atoms with Crippen molar-refractivity contribution in [3.05, 3.63) is 29.8 Å². The summed E-state index contributed by atoms with van der Waals surface area (Å²) in [6, 6.07) is 7.63. The zero-order valence-corrected chi connectivity index (χ0v) is 7.12. The van der Waals surface area contributed by atoms with E-state index in [9.17, 15) is 0 Å². The maximum absolute atomic E-state index is 7.12. The average molecular weight is 160 g/mol. The van der Waals surface area contributed by atoms with E-state index in [1.54, 1.807) is 0 Å². The maximum Gasteiger partial charge on any atom is 0.0713 e. The van der Waals surface area contributed by atoms with Crippen LogP contribution >= 0.6 is 0 Å². The Hall–Kier alpha value is -1.44. The van der Waals surface area contributed by atoms with Crippen molar-refractivity contribution in [2.75, 3.05) is 0 Å². The van der Waals surface area contributed by atoms with Gasteiger partial charge in [-0.1, -0.05) is 25.1 Å². The van der Waals surface area contributed by atoms with Gasteiger partial charge in [0.25, 0.3) is 0 Å². The molecule has 0 unspecified atom stereocenters. The third-order valence-corrected chi connectivity index (χ3v) is 1.51. The van der Waals surface area contributed by atoms with Gasteiger partial charge < -0.3 is 5.41 Å². The summed E-state index contributed by atoms with van der Waals surface area (Å²) >= 11 is 0. The Morgan fingerprint density at radius 2 is 2.17 bits per heavy atom. The summed E-state index contributed by atoms with van der Waals surface area (Å²) in [6.45, 7) is 2.04. The number of para-hydroxylation sites is 1. The van der Waals surface area contributed by atoms with E-state index >= 15 is 0 Å². The molecule has 1 aromatic rings. The molecule has 1 aromatic carbocycles. The third kappa shape index (κ3) is 2.02. The zero-order valence-electron chi connectivity index (χ0n) is 7.12. The second-order valence-electron chi connectivity index (χ2n) is 2.42. The van der Waals surface area contributed by atoms with Gasteiger partial charge in [-0.25, -0.2) is 0 Å². The summed E-state index contributed by atoms with van der Waals surface area (Å²) < 4.78 is 0. The van der Waals surface area contributed by atoms with Gasteiger partial charge >= 0.3 is 0 Å². The molecule has 0 bridgehead atoms. The molecule has 0 aliphatic heterocycles. The first-order chi connectivity index (χ1) is 5.88. The SMILES string of the molecule is CC/C=N\c1ccccc1C=N. The largest absolute Gasteiger partial charge is 0.308 e. The molecular weight excluding hydrogens is 148 g/mol. The Kier molecular flexibility index (Phi) is 3.20. The Morgan fingerprint density at radius 3 is 2.83 bits per heavy atom. The summed E-state index contributed by atoms with van der Waals surface area (Å²) in [5.74, 6) is 0. The lowest BCUT2D eigenvalue weighted by molar-refractivity contribution is 1.31. The fourth-order valence-electron chi connectivity index (χ4n) is 0.917. The van der Waals surface area contributed by atoms with Crippen molar-refractivity contribution in [1.29, 1.82) is 5.41 Å². The van der Waals surface area contributed by atoms with Crippen molar-refractivity contribution in [2.24, 2.45) is 4.99 Å². The van der Waals surface area contributed by atoms with E-state index in [0.29, 0.717) is 0 Å². The van der Waals surface area contributed by atoms with Crippen LogP contribution in [-0.2, 0) is 0 Å². The first kappa shape index (κ1) is 8.65. The predicted octanol–water partition coefficient (Wildman–Crippen LogP) is 2.80. The molecular formula is C10H12N2. The van der Waals surface area contributed by atoms with Crippen LogP contribution in [0.25, 0.3) is 0 Å². The van der Waals surface area contributed by atoms with E-state index in [4.69, 9.17) is 5.41 Å². The maximum atomic E-state index is 7.12. The number of aliphatic imine (C=N–C) groups is 1. The Bertz CT molecular complexity index is 290. The van der Waals surface area contributed by atoms with Gasteiger partial charge in [-0.3, -0.25) is 4.99 Å². The molecule has 0 spiro atoms. The number of hydrogen-bond acceptors (Lipinski definition) is 2. The Labute approximate surface area is 72.5 Å². The molecule has 0 aliphatic rings. The van der Waals surface area contributed by atoms with Crippen LogP contribution in [0.2, 0.25) is 0 Å². The molecule has 0 heterocycles. The van der Waals surface area contributed by atoms with Crippen molar-refractivity contribution in [3.8, 4) is 0 Å². The molecule has 0 saturated carbocycles. The quantitative estimate of drug-likeness (QED) is 0.660. The molecule has 0 fully saturated rings. The number of nitrogens with zero attached hydrogens (tertiary/aromatic N) is 1. The Morgan fingerprint density at radius 1 is 1.42 bits per heavy atom. The molecule has 62 valence electrons. The number of rotatable bonds is 3. The molecule has 0 aromatic heterocycles. The van der Waals surface area contributed by atoms with E-state index < -0.39 is 0 Å². The number of hydrogen-bond donors (Lipinski definition) is 1. The van der Waals surface area contributed by atoms with Crippen molar-refractivity contribution < 1.29 is 0 Å². The van der Waals surface area contributed by atoms with Gasteiger partial charge in [0.2, 0.25) is 0 Å². The van der Waals surface area contributed by atoms with Crippen LogP contribution in [0.5, 0.6) is 0 Å². The summed E-state index contributed by atoms with van der Waals surface area (Å²) in [7, 11) is 0. The zero-order chi connectivity index (χ0) is 8.81. The lowest BCUT2D eigenvalue weighted by Gasteiger charge is -1.96. The van der Waals surface area contributed by atoms with Gasteiger partial charge in [0.05, 0.1) is 5.69 Å². The van der Waals surface area contributed by atoms with E-state index in [-0.39, 0.29) is 0 Å². The highest BCUT2D eigenvalue weighted by Gasteiger charge is 1.93. The van der Waals surface area contributed by atoms with Gasteiger partial charge in [0.15, 0.2) is 0 Å². The Balaban J connectivity index is 2.96. The van der Waals surface area contributed by atoms with Gasteiger partial charge in [0, 0.05) is 18.0 Å². The predicted molar refractivity (Wildman–Crippen MR) is 52.8 cm³/mol. The molecule has 0 atom stereocenters. The van der Waals surface area contributed by atoms with Crippen LogP contribution in [0.15, 0.2) is 29.3 Å². The minimum absolute atomic E-state index is 0.863. The molecule has 0 radical (unpaired) electrons. The van der Waals surface area contributed by atoms with Gasteiger partial charge in [-0.05, 0) is 12.5 Å². The average Bonchev–Trinajstić information content (AvgIpc) is 2.15. The molecule has 0 saturated heterocycles. The number of benzene rings is 1. The molecule has 1 rings (SSSR count). The minimum atomic E-state index is 0.863. The van der Waals surface area contributed by atoms with Gasteiger partial charge in [-0.15, -0.1) is 0 Å². The monoisotopic (exact) mass is 160 g/mol. The van der Waals surface area contributed by atoms with E-state index in [0.717, 1.165) is 17.7 Å². The van der Waals surface area contributed by atoms with Crippen LogP contribution in [0.1, 0.15) is 18.9 Å². The second-order valence-corrected chi connectivity index (χ2v) is 2.42. The van der Waals surface area contributed by atoms with Crippen molar-refractivity contribution in [2.45, 2.75) is 13.3 Å². The first-order valence-corrected chi connectivity index (χ1v) is 4.00. The lowest BCUT2D eigenvalue weighted by atomic mass is 10.2. The molecule has 1 N–H and O–H groups in total. The molecule has 2 heteroatoms. The fourth-order valence-corrected chi connectivity index (χ4v) is 0.917. The molecule has 12 heavy (non-hydrogen) atoms. The van der Waals surface area contributed by atoms with Gasteiger partial charge in [0.1, 0.15) is 0 Å². The molecule has 0 aliphatic carbocycles. The van der Waals surface area contributed by atoms with Crippen LogP contribution < -0.4 is 0 Å². The normalized spacial score (nSPS) is 10.4. The highest BCUT2D eigenvalue weighted by Crippen LogP contribution is 2.15. The smallest absolute Gasteiger partial charge is 0.0713 e. The van der Waals surface area contributed by atoms with Crippen LogP contribution in [-0.4, -0.2) is 12.4 Å². The van der Waals surface area contributed by atoms with Crippen molar-refractivity contribution in [1.82, 2.24) is 0 Å². The number of nitrogens with one attached hydrogen (secondary N) is 1. The highest BCUT2D eigenvalue weighted by molar-refractivity contribution is 5.85. The molecule has 0 amide bonds. The minimum Gasteiger partial charge on any atom is -0.308 e. The van der Waals surface area contributed by atoms with Crippen LogP contribution in [0.4, 0.5) is 5.69 Å². The van der Waals surface area contributed by atoms with Crippen molar-refractivity contribution in [3.63, 3.8) is 0 Å². The summed E-state index contributed by atoms with van der Waals surface area (Å²) in [5, 5.41) is 7.12. The van der Waals surface area contributed by atoms with E-state index in [2.05, 4.69) is 4.99 Å². The first-order valence-electron chi connectivity index (χ1n) is 4.00. The topological polar surface area (TPSA) is 36.2 Å².